The van der Waals surface area contributed by atoms with Gasteiger partial charge in [-0.15, -0.1) is 23.7 Å². The molecule has 1 unspecified atom stereocenters. The minimum atomic E-state index is 0. The highest BCUT2D eigenvalue weighted by atomic mass is 35.5. The van der Waals surface area contributed by atoms with Crippen LogP contribution in [0.5, 0.6) is 0 Å². The van der Waals surface area contributed by atoms with Crippen molar-refractivity contribution in [1.29, 1.82) is 0 Å². The second kappa shape index (κ2) is 7.27. The summed E-state index contributed by atoms with van der Waals surface area (Å²) in [5.74, 6) is 0.0190. The molecule has 22 heavy (non-hydrogen) atoms. The van der Waals surface area contributed by atoms with E-state index in [0.717, 1.165) is 25.1 Å². The first-order valence-corrected chi connectivity index (χ1v) is 8.12. The zero-order valence-electron chi connectivity index (χ0n) is 12.8. The summed E-state index contributed by atoms with van der Waals surface area (Å²) in [6.45, 7) is 5.93. The fraction of sp³-hybridized carbons (Fsp3) is 0.353. The third-order valence-corrected chi connectivity index (χ3v) is 4.80. The van der Waals surface area contributed by atoms with Gasteiger partial charge in [-0.05, 0) is 49.2 Å². The lowest BCUT2D eigenvalue weighted by Crippen LogP contribution is -2.33. The summed E-state index contributed by atoms with van der Waals surface area (Å²) in [5, 5.41) is 6.39. The summed E-state index contributed by atoms with van der Waals surface area (Å²) in [7, 11) is 0. The SMILES string of the molecule is Cc1ccc(CC(C)NC(=O)c2ccc3c(c2)CNC3)s1.Cl. The minimum absolute atomic E-state index is 0. The van der Waals surface area contributed by atoms with Gasteiger partial charge >= 0.3 is 0 Å². The van der Waals surface area contributed by atoms with E-state index >= 15 is 0 Å². The van der Waals surface area contributed by atoms with Gasteiger partial charge in [0.05, 0.1) is 0 Å². The second-order valence-corrected chi connectivity index (χ2v) is 7.05. The summed E-state index contributed by atoms with van der Waals surface area (Å²) in [4.78, 5) is 15.0. The standard InChI is InChI=1S/C17H20N2OS.ClH/c1-11(7-16-6-3-12(2)21-16)19-17(20)13-4-5-14-9-18-10-15(14)8-13;/h3-6,8,11,18H,7,9-10H2,1-2H3,(H,19,20);1H. The summed E-state index contributed by atoms with van der Waals surface area (Å²) >= 11 is 1.80. The van der Waals surface area contributed by atoms with Crippen molar-refractivity contribution in [2.24, 2.45) is 0 Å². The van der Waals surface area contributed by atoms with Gasteiger partial charge in [0, 0.05) is 40.9 Å². The number of benzene rings is 1. The molecule has 3 nitrogen and oxygen atoms in total. The van der Waals surface area contributed by atoms with Crippen LogP contribution in [0.25, 0.3) is 0 Å². The number of amides is 1. The number of hydrogen-bond acceptors (Lipinski definition) is 3. The lowest BCUT2D eigenvalue weighted by molar-refractivity contribution is 0.0940. The number of halogens is 1. The molecule has 0 fully saturated rings. The van der Waals surface area contributed by atoms with E-state index in [-0.39, 0.29) is 24.4 Å². The van der Waals surface area contributed by atoms with Gasteiger partial charge in [-0.3, -0.25) is 4.79 Å². The summed E-state index contributed by atoms with van der Waals surface area (Å²) < 4.78 is 0. The van der Waals surface area contributed by atoms with E-state index in [1.807, 2.05) is 12.1 Å². The van der Waals surface area contributed by atoms with E-state index in [4.69, 9.17) is 0 Å². The van der Waals surface area contributed by atoms with Gasteiger partial charge in [0.15, 0.2) is 0 Å². The Bertz CT molecular complexity index is 668. The highest BCUT2D eigenvalue weighted by Gasteiger charge is 2.15. The molecule has 0 bridgehead atoms. The zero-order valence-corrected chi connectivity index (χ0v) is 14.4. The van der Waals surface area contributed by atoms with Gasteiger partial charge < -0.3 is 10.6 Å². The van der Waals surface area contributed by atoms with Gasteiger partial charge in [0.25, 0.3) is 5.91 Å². The Kier molecular flexibility index (Phi) is 5.62. The molecule has 5 heteroatoms. The van der Waals surface area contributed by atoms with Crippen LogP contribution in [0.4, 0.5) is 0 Å². The number of rotatable bonds is 4. The van der Waals surface area contributed by atoms with Crippen LogP contribution in [0, 0.1) is 6.92 Å². The average Bonchev–Trinajstić information content (AvgIpc) is 3.06. The van der Waals surface area contributed by atoms with Crippen molar-refractivity contribution in [1.82, 2.24) is 10.6 Å². The first-order valence-electron chi connectivity index (χ1n) is 7.30. The van der Waals surface area contributed by atoms with E-state index in [1.54, 1.807) is 11.3 Å². The third kappa shape index (κ3) is 3.88. The van der Waals surface area contributed by atoms with Crippen molar-refractivity contribution >= 4 is 29.7 Å². The van der Waals surface area contributed by atoms with E-state index in [9.17, 15) is 4.79 Å². The van der Waals surface area contributed by atoms with Crippen LogP contribution in [0.3, 0.4) is 0 Å². The largest absolute Gasteiger partial charge is 0.349 e. The predicted molar refractivity (Wildman–Crippen MR) is 93.9 cm³/mol. The minimum Gasteiger partial charge on any atom is -0.349 e. The molecular weight excluding hydrogens is 316 g/mol. The Morgan fingerprint density at radius 2 is 2.05 bits per heavy atom. The maximum atomic E-state index is 12.3. The number of carbonyl (C=O) groups excluding carboxylic acids is 1. The third-order valence-electron chi connectivity index (χ3n) is 3.78. The van der Waals surface area contributed by atoms with E-state index in [0.29, 0.717) is 0 Å². The molecule has 1 amide bonds. The molecule has 0 radical (unpaired) electrons. The molecule has 0 aliphatic carbocycles. The van der Waals surface area contributed by atoms with Crippen molar-refractivity contribution < 1.29 is 4.79 Å². The number of aryl methyl sites for hydroxylation is 1. The molecule has 1 aliphatic rings. The smallest absolute Gasteiger partial charge is 0.251 e. The molecule has 0 spiro atoms. The molecule has 1 aliphatic heterocycles. The van der Waals surface area contributed by atoms with Gasteiger partial charge in [0.2, 0.25) is 0 Å². The molecular formula is C17H21ClN2OS. The number of carbonyl (C=O) groups is 1. The van der Waals surface area contributed by atoms with Gasteiger partial charge in [-0.2, -0.15) is 0 Å². The molecule has 3 rings (SSSR count). The summed E-state index contributed by atoms with van der Waals surface area (Å²) in [5.41, 5.74) is 3.30. The molecule has 0 saturated heterocycles. The summed E-state index contributed by atoms with van der Waals surface area (Å²) in [6.07, 6.45) is 0.886. The van der Waals surface area contributed by atoms with Gasteiger partial charge in [-0.25, -0.2) is 0 Å². The topological polar surface area (TPSA) is 41.1 Å². The van der Waals surface area contributed by atoms with E-state index in [2.05, 4.69) is 42.7 Å². The van der Waals surface area contributed by atoms with Crippen LogP contribution in [-0.4, -0.2) is 11.9 Å². The van der Waals surface area contributed by atoms with E-state index < -0.39 is 0 Å². The Morgan fingerprint density at radius 1 is 1.27 bits per heavy atom. The average molecular weight is 337 g/mol. The monoisotopic (exact) mass is 336 g/mol. The predicted octanol–water partition coefficient (Wildman–Crippen LogP) is 3.44. The number of hydrogen-bond donors (Lipinski definition) is 2. The first-order chi connectivity index (χ1) is 10.1. The normalized spacial score (nSPS) is 14.1. The van der Waals surface area contributed by atoms with Crippen LogP contribution in [0.15, 0.2) is 30.3 Å². The van der Waals surface area contributed by atoms with Crippen molar-refractivity contribution in [2.45, 2.75) is 39.4 Å². The highest BCUT2D eigenvalue weighted by Crippen LogP contribution is 2.18. The van der Waals surface area contributed by atoms with Crippen LogP contribution in [0.2, 0.25) is 0 Å². The highest BCUT2D eigenvalue weighted by molar-refractivity contribution is 7.11. The van der Waals surface area contributed by atoms with E-state index in [1.165, 1.54) is 20.9 Å². The molecule has 1 aromatic heterocycles. The van der Waals surface area contributed by atoms with Gasteiger partial charge in [-0.1, -0.05) is 6.07 Å². The Hall–Kier alpha value is -1.36. The lowest BCUT2D eigenvalue weighted by atomic mass is 10.1. The van der Waals surface area contributed by atoms with Crippen LogP contribution < -0.4 is 10.6 Å². The second-order valence-electron chi connectivity index (χ2n) is 5.68. The fourth-order valence-corrected chi connectivity index (χ4v) is 3.71. The maximum Gasteiger partial charge on any atom is 0.251 e. The van der Waals surface area contributed by atoms with Crippen LogP contribution >= 0.6 is 23.7 Å². The number of thiophene rings is 1. The first kappa shape index (κ1) is 17.0. The van der Waals surface area contributed by atoms with Gasteiger partial charge in [0.1, 0.15) is 0 Å². The van der Waals surface area contributed by atoms with Crippen molar-refractivity contribution in [3.8, 4) is 0 Å². The van der Waals surface area contributed by atoms with Crippen LogP contribution in [-0.2, 0) is 19.5 Å². The quantitative estimate of drug-likeness (QED) is 0.898. The van der Waals surface area contributed by atoms with Crippen molar-refractivity contribution in [3.05, 3.63) is 56.8 Å². The lowest BCUT2D eigenvalue weighted by Gasteiger charge is -2.13. The molecule has 2 N–H and O–H groups in total. The Balaban J connectivity index is 0.00000176. The zero-order chi connectivity index (χ0) is 14.8. The Labute approximate surface area is 141 Å². The number of fused-ring (bicyclic) bond motifs is 1. The number of nitrogens with one attached hydrogen (secondary N) is 2. The molecule has 2 heterocycles. The molecule has 1 aromatic carbocycles. The Morgan fingerprint density at radius 3 is 2.77 bits per heavy atom. The van der Waals surface area contributed by atoms with Crippen LogP contribution in [0.1, 0.15) is 38.2 Å². The fourth-order valence-electron chi connectivity index (χ4n) is 2.69. The maximum absolute atomic E-state index is 12.3. The molecule has 1 atom stereocenters. The van der Waals surface area contributed by atoms with Crippen molar-refractivity contribution in [3.63, 3.8) is 0 Å². The summed E-state index contributed by atoms with van der Waals surface area (Å²) in [6, 6.07) is 10.4. The molecule has 0 saturated carbocycles. The molecule has 118 valence electrons. The molecule has 2 aromatic rings. The van der Waals surface area contributed by atoms with Crippen molar-refractivity contribution in [2.75, 3.05) is 0 Å².